The van der Waals surface area contributed by atoms with Crippen molar-refractivity contribution in [2.24, 2.45) is 0 Å². The quantitative estimate of drug-likeness (QED) is 0.779. The van der Waals surface area contributed by atoms with Gasteiger partial charge in [0.1, 0.15) is 0 Å². The van der Waals surface area contributed by atoms with Crippen LogP contribution in [-0.2, 0) is 9.59 Å². The van der Waals surface area contributed by atoms with Gasteiger partial charge >= 0.3 is 0 Å². The summed E-state index contributed by atoms with van der Waals surface area (Å²) in [4.78, 5) is 24.6. The van der Waals surface area contributed by atoms with Gasteiger partial charge in [0.2, 0.25) is 11.8 Å². The highest BCUT2D eigenvalue weighted by molar-refractivity contribution is 8.00. The van der Waals surface area contributed by atoms with E-state index in [2.05, 4.69) is 16.0 Å². The van der Waals surface area contributed by atoms with Gasteiger partial charge in [-0.05, 0) is 37.6 Å². The number of rotatable bonds is 2. The fourth-order valence-corrected chi connectivity index (χ4v) is 3.25. The van der Waals surface area contributed by atoms with Crippen LogP contribution in [-0.4, -0.2) is 30.2 Å². The Morgan fingerprint density at radius 1 is 1.33 bits per heavy atom. The average molecular weight is 328 g/mol. The lowest BCUT2D eigenvalue weighted by Gasteiger charge is -2.23. The Morgan fingerprint density at radius 2 is 2.19 bits per heavy atom. The Hall–Kier alpha value is -1.24. The van der Waals surface area contributed by atoms with E-state index in [1.54, 1.807) is 0 Å². The summed E-state index contributed by atoms with van der Waals surface area (Å²) in [7, 11) is 0. The molecule has 0 aliphatic carbocycles. The molecular formula is C14H18ClN3O2S. The lowest BCUT2D eigenvalue weighted by Crippen LogP contribution is -2.43. The van der Waals surface area contributed by atoms with Crippen LogP contribution >= 0.6 is 24.2 Å². The number of carbonyl (C=O) groups is 2. The van der Waals surface area contributed by atoms with Crippen molar-refractivity contribution < 1.29 is 9.59 Å². The first-order chi connectivity index (χ1) is 9.72. The summed E-state index contributed by atoms with van der Waals surface area (Å²) in [6.45, 7) is 0.898. The van der Waals surface area contributed by atoms with E-state index in [0.717, 1.165) is 42.1 Å². The number of thioether (sulfide) groups is 1. The normalized spacial score (nSPS) is 20.8. The topological polar surface area (TPSA) is 70.2 Å². The second-order valence-electron chi connectivity index (χ2n) is 5.04. The third-order valence-corrected chi connectivity index (χ3v) is 4.58. The molecule has 1 saturated heterocycles. The number of halogens is 1. The minimum atomic E-state index is -0.108. The maximum atomic E-state index is 12.1. The van der Waals surface area contributed by atoms with E-state index in [4.69, 9.17) is 0 Å². The SMILES string of the molecule is Cl.O=C1CSc2ccc(NC(=O)[C@H]3CCCCN3)cc2N1. The molecule has 2 amide bonds. The van der Waals surface area contributed by atoms with Crippen LogP contribution in [0.25, 0.3) is 0 Å². The molecule has 3 N–H and O–H groups in total. The number of carbonyl (C=O) groups excluding carboxylic acids is 2. The molecule has 0 radical (unpaired) electrons. The van der Waals surface area contributed by atoms with E-state index >= 15 is 0 Å². The highest BCUT2D eigenvalue weighted by Crippen LogP contribution is 2.33. The third-order valence-electron chi connectivity index (χ3n) is 3.51. The van der Waals surface area contributed by atoms with Gasteiger partial charge in [-0.2, -0.15) is 0 Å². The largest absolute Gasteiger partial charge is 0.325 e. The van der Waals surface area contributed by atoms with Gasteiger partial charge in [-0.15, -0.1) is 24.2 Å². The maximum Gasteiger partial charge on any atom is 0.241 e. The van der Waals surface area contributed by atoms with Crippen LogP contribution in [0, 0.1) is 0 Å². The summed E-state index contributed by atoms with van der Waals surface area (Å²) in [5, 5.41) is 8.96. The van der Waals surface area contributed by atoms with Crippen molar-refractivity contribution in [2.75, 3.05) is 22.9 Å². The third kappa shape index (κ3) is 3.90. The van der Waals surface area contributed by atoms with Crippen molar-refractivity contribution in [3.05, 3.63) is 18.2 Å². The van der Waals surface area contributed by atoms with Crippen LogP contribution in [0.4, 0.5) is 11.4 Å². The maximum absolute atomic E-state index is 12.1. The summed E-state index contributed by atoms with van der Waals surface area (Å²) < 4.78 is 0. The highest BCUT2D eigenvalue weighted by atomic mass is 35.5. The Bertz CT molecular complexity index is 547. The highest BCUT2D eigenvalue weighted by Gasteiger charge is 2.21. The molecule has 2 aliphatic heterocycles. The molecule has 7 heteroatoms. The first-order valence-corrected chi connectivity index (χ1v) is 7.82. The Labute approximate surface area is 134 Å². The molecular weight excluding hydrogens is 310 g/mol. The van der Waals surface area contributed by atoms with Crippen molar-refractivity contribution >= 4 is 47.4 Å². The molecule has 0 saturated carbocycles. The average Bonchev–Trinajstić information content (AvgIpc) is 2.47. The Balaban J connectivity index is 0.00000161. The van der Waals surface area contributed by atoms with E-state index in [9.17, 15) is 9.59 Å². The summed E-state index contributed by atoms with van der Waals surface area (Å²) in [6, 6.07) is 5.52. The minimum absolute atomic E-state index is 0. The zero-order valence-corrected chi connectivity index (χ0v) is 13.1. The number of benzene rings is 1. The molecule has 0 aromatic heterocycles. The number of piperidine rings is 1. The molecule has 0 spiro atoms. The lowest BCUT2D eigenvalue weighted by molar-refractivity contribution is -0.118. The number of hydrogen-bond acceptors (Lipinski definition) is 4. The van der Waals surface area contributed by atoms with Crippen LogP contribution in [0.5, 0.6) is 0 Å². The fourth-order valence-electron chi connectivity index (χ4n) is 2.47. The van der Waals surface area contributed by atoms with Crippen LogP contribution in [0.2, 0.25) is 0 Å². The summed E-state index contributed by atoms with van der Waals surface area (Å²) >= 11 is 1.52. The van der Waals surface area contributed by atoms with Crippen LogP contribution in [0.1, 0.15) is 19.3 Å². The van der Waals surface area contributed by atoms with Crippen molar-refractivity contribution in [1.29, 1.82) is 0 Å². The van der Waals surface area contributed by atoms with Crippen molar-refractivity contribution in [2.45, 2.75) is 30.2 Å². The molecule has 21 heavy (non-hydrogen) atoms. The number of hydrogen-bond donors (Lipinski definition) is 3. The molecule has 1 aromatic carbocycles. The summed E-state index contributed by atoms with van der Waals surface area (Å²) in [5.41, 5.74) is 1.50. The van der Waals surface area contributed by atoms with Gasteiger partial charge in [-0.1, -0.05) is 6.42 Å². The number of amides is 2. The second-order valence-corrected chi connectivity index (χ2v) is 6.06. The molecule has 114 valence electrons. The van der Waals surface area contributed by atoms with Gasteiger partial charge in [-0.25, -0.2) is 0 Å². The van der Waals surface area contributed by atoms with E-state index in [-0.39, 0.29) is 30.3 Å². The smallest absolute Gasteiger partial charge is 0.241 e. The number of anilines is 2. The van der Waals surface area contributed by atoms with Gasteiger partial charge in [0.15, 0.2) is 0 Å². The van der Waals surface area contributed by atoms with Gasteiger partial charge < -0.3 is 16.0 Å². The zero-order valence-electron chi connectivity index (χ0n) is 11.5. The molecule has 2 aliphatic rings. The molecule has 0 bridgehead atoms. The standard InChI is InChI=1S/C14H17N3O2S.ClH/c18-13-8-20-12-5-4-9(7-11(12)17-13)16-14(19)10-3-1-2-6-15-10;/h4-5,7,10,15H,1-3,6,8H2,(H,16,19)(H,17,18);1H/t10-;/m1./s1. The van der Waals surface area contributed by atoms with Crippen LogP contribution in [0.3, 0.4) is 0 Å². The van der Waals surface area contributed by atoms with Gasteiger partial charge in [0.25, 0.3) is 0 Å². The molecule has 5 nitrogen and oxygen atoms in total. The second kappa shape index (κ2) is 7.15. The van der Waals surface area contributed by atoms with E-state index < -0.39 is 0 Å². The van der Waals surface area contributed by atoms with E-state index in [1.165, 1.54) is 11.8 Å². The predicted octanol–water partition coefficient (Wildman–Crippen LogP) is 2.23. The van der Waals surface area contributed by atoms with Crippen molar-refractivity contribution in [3.63, 3.8) is 0 Å². The van der Waals surface area contributed by atoms with Gasteiger partial charge in [0.05, 0.1) is 17.5 Å². The first-order valence-electron chi connectivity index (χ1n) is 6.83. The first kappa shape index (κ1) is 16.1. The van der Waals surface area contributed by atoms with Crippen LogP contribution in [0.15, 0.2) is 23.1 Å². The van der Waals surface area contributed by atoms with E-state index in [1.807, 2.05) is 18.2 Å². The van der Waals surface area contributed by atoms with Crippen LogP contribution < -0.4 is 16.0 Å². The monoisotopic (exact) mass is 327 g/mol. The number of nitrogens with one attached hydrogen (secondary N) is 3. The molecule has 2 heterocycles. The Kier molecular flexibility index (Phi) is 5.50. The molecule has 1 aromatic rings. The van der Waals surface area contributed by atoms with Crippen molar-refractivity contribution in [3.8, 4) is 0 Å². The minimum Gasteiger partial charge on any atom is -0.325 e. The molecule has 0 unspecified atom stereocenters. The zero-order chi connectivity index (χ0) is 13.9. The summed E-state index contributed by atoms with van der Waals surface area (Å²) in [5.74, 6) is 0.449. The van der Waals surface area contributed by atoms with Gasteiger partial charge in [-0.3, -0.25) is 9.59 Å². The van der Waals surface area contributed by atoms with E-state index in [0.29, 0.717) is 5.75 Å². The molecule has 1 atom stereocenters. The van der Waals surface area contributed by atoms with Crippen molar-refractivity contribution in [1.82, 2.24) is 5.32 Å². The number of fused-ring (bicyclic) bond motifs is 1. The van der Waals surface area contributed by atoms with Gasteiger partial charge in [0, 0.05) is 10.6 Å². The Morgan fingerprint density at radius 3 is 2.95 bits per heavy atom. The predicted molar refractivity (Wildman–Crippen MR) is 87.3 cm³/mol. The molecule has 1 fully saturated rings. The lowest BCUT2D eigenvalue weighted by atomic mass is 10.0. The molecule has 3 rings (SSSR count). The summed E-state index contributed by atoms with van der Waals surface area (Å²) in [6.07, 6.45) is 3.09. The fraction of sp³-hybridized carbons (Fsp3) is 0.429.